The molecule has 6 heteroatoms. The van der Waals surface area contributed by atoms with Crippen molar-refractivity contribution in [3.8, 4) is 0 Å². The topological polar surface area (TPSA) is 37.4 Å². The highest BCUT2D eigenvalue weighted by Gasteiger charge is 2.16. The molecule has 0 aromatic carbocycles. The molecule has 1 N–H and O–H groups in total. The van der Waals surface area contributed by atoms with Crippen LogP contribution in [-0.4, -0.2) is 38.3 Å². The quantitative estimate of drug-likeness (QED) is 0.815. The van der Waals surface area contributed by atoms with Gasteiger partial charge in [0.1, 0.15) is 0 Å². The van der Waals surface area contributed by atoms with Gasteiger partial charge in [-0.25, -0.2) is 13.8 Å². The van der Waals surface area contributed by atoms with Crippen molar-refractivity contribution in [2.24, 2.45) is 0 Å². The molecule has 0 unspecified atom stereocenters. The van der Waals surface area contributed by atoms with E-state index in [0.717, 1.165) is 6.07 Å². The summed E-state index contributed by atoms with van der Waals surface area (Å²) in [6.07, 6.45) is 0. The van der Waals surface area contributed by atoms with Crippen LogP contribution < -0.4 is 10.2 Å². The van der Waals surface area contributed by atoms with E-state index in [1.165, 1.54) is 0 Å². The smallest absolute Gasteiger partial charge is 0.168 e. The van der Waals surface area contributed by atoms with Gasteiger partial charge in [-0.15, -0.1) is 0 Å². The van der Waals surface area contributed by atoms with E-state index in [4.69, 9.17) is 4.74 Å². The van der Waals surface area contributed by atoms with E-state index in [1.54, 1.807) is 12.0 Å². The lowest BCUT2D eigenvalue weighted by atomic mass is 10.3. The van der Waals surface area contributed by atoms with E-state index in [9.17, 15) is 8.78 Å². The van der Waals surface area contributed by atoms with E-state index < -0.39 is 11.6 Å². The number of rotatable bonds is 7. The van der Waals surface area contributed by atoms with Crippen molar-refractivity contribution in [1.82, 2.24) is 4.98 Å². The number of methoxy groups -OCH3 is 1. The summed E-state index contributed by atoms with van der Waals surface area (Å²) in [5.41, 5.74) is 0. The van der Waals surface area contributed by atoms with Crippen molar-refractivity contribution < 1.29 is 13.5 Å². The molecule has 1 rings (SSSR count). The van der Waals surface area contributed by atoms with Crippen LogP contribution >= 0.6 is 0 Å². The maximum Gasteiger partial charge on any atom is 0.168 e. The number of hydrogen-bond donors (Lipinski definition) is 1. The molecule has 0 radical (unpaired) electrons. The molecular formula is C12H19F2N3O. The van der Waals surface area contributed by atoms with Crippen molar-refractivity contribution in [3.05, 3.63) is 17.7 Å². The molecule has 0 spiro atoms. The second-order valence-electron chi connectivity index (χ2n) is 3.73. The number of anilines is 2. The predicted octanol–water partition coefficient (Wildman–Crippen LogP) is 2.26. The Balaban J connectivity index is 3.01. The average Bonchev–Trinajstić information content (AvgIpc) is 2.35. The number of likely N-dealkylation sites (N-methyl/N-ethyl adjacent to an activating group) is 1. The van der Waals surface area contributed by atoms with Crippen LogP contribution in [0.4, 0.5) is 20.4 Å². The fourth-order valence-electron chi connectivity index (χ4n) is 1.59. The molecule has 0 aliphatic heterocycles. The van der Waals surface area contributed by atoms with Crippen molar-refractivity contribution in [2.75, 3.05) is 43.6 Å². The van der Waals surface area contributed by atoms with Crippen molar-refractivity contribution >= 4 is 11.6 Å². The third kappa shape index (κ3) is 3.53. The molecule has 18 heavy (non-hydrogen) atoms. The van der Waals surface area contributed by atoms with Gasteiger partial charge in [0, 0.05) is 32.8 Å². The Kier molecular flexibility index (Phi) is 5.77. The first-order chi connectivity index (χ1) is 8.63. The molecule has 102 valence electrons. The summed E-state index contributed by atoms with van der Waals surface area (Å²) in [5, 5.41) is 2.77. The standard InChI is InChI=1S/C12H19F2N3O/c1-4-15-11-9(13)8-10(14)12(16-11)17(5-2)6-7-18-3/h8H,4-7H2,1-3H3,(H,15,16). The van der Waals surface area contributed by atoms with Gasteiger partial charge in [0.2, 0.25) is 0 Å². The van der Waals surface area contributed by atoms with Gasteiger partial charge < -0.3 is 15.0 Å². The van der Waals surface area contributed by atoms with E-state index in [-0.39, 0.29) is 11.6 Å². The molecule has 0 atom stereocenters. The first-order valence-corrected chi connectivity index (χ1v) is 5.97. The predicted molar refractivity (Wildman–Crippen MR) is 68.1 cm³/mol. The highest BCUT2D eigenvalue weighted by atomic mass is 19.1. The summed E-state index contributed by atoms with van der Waals surface area (Å²) in [6, 6.07) is 0.857. The van der Waals surface area contributed by atoms with Gasteiger partial charge in [-0.1, -0.05) is 0 Å². The lowest BCUT2D eigenvalue weighted by Crippen LogP contribution is -2.29. The van der Waals surface area contributed by atoms with E-state index in [0.29, 0.717) is 26.2 Å². The summed E-state index contributed by atoms with van der Waals surface area (Å²) < 4.78 is 32.1. The van der Waals surface area contributed by atoms with Crippen molar-refractivity contribution in [3.63, 3.8) is 0 Å². The molecule has 1 aromatic rings. The van der Waals surface area contributed by atoms with Crippen LogP contribution in [0.3, 0.4) is 0 Å². The second-order valence-corrected chi connectivity index (χ2v) is 3.73. The summed E-state index contributed by atoms with van der Waals surface area (Å²) in [6.45, 7) is 5.78. The van der Waals surface area contributed by atoms with Gasteiger partial charge in [0.15, 0.2) is 23.3 Å². The molecular weight excluding hydrogens is 240 g/mol. The minimum absolute atomic E-state index is 0.0739. The fraction of sp³-hybridized carbons (Fsp3) is 0.583. The maximum absolute atomic E-state index is 13.7. The lowest BCUT2D eigenvalue weighted by molar-refractivity contribution is 0.205. The van der Waals surface area contributed by atoms with Gasteiger partial charge in [-0.2, -0.15) is 0 Å². The summed E-state index contributed by atoms with van der Waals surface area (Å²) in [7, 11) is 1.58. The van der Waals surface area contributed by atoms with Crippen LogP contribution in [0.1, 0.15) is 13.8 Å². The number of nitrogens with one attached hydrogen (secondary N) is 1. The zero-order valence-corrected chi connectivity index (χ0v) is 11.0. The molecule has 0 bridgehead atoms. The third-order valence-corrected chi connectivity index (χ3v) is 2.50. The molecule has 1 aromatic heterocycles. The second kappa shape index (κ2) is 7.10. The lowest BCUT2D eigenvalue weighted by Gasteiger charge is -2.22. The Hall–Kier alpha value is -1.43. The van der Waals surface area contributed by atoms with E-state index in [1.807, 2.05) is 13.8 Å². The average molecular weight is 259 g/mol. The minimum Gasteiger partial charge on any atom is -0.383 e. The molecule has 0 saturated heterocycles. The van der Waals surface area contributed by atoms with Crippen LogP contribution in [0.15, 0.2) is 6.07 Å². The molecule has 0 aliphatic rings. The monoisotopic (exact) mass is 259 g/mol. The number of halogens is 2. The Morgan fingerprint density at radius 1 is 1.33 bits per heavy atom. The third-order valence-electron chi connectivity index (χ3n) is 2.50. The van der Waals surface area contributed by atoms with Gasteiger partial charge in [0.05, 0.1) is 6.61 Å². The number of ether oxygens (including phenoxy) is 1. The molecule has 0 fully saturated rings. The van der Waals surface area contributed by atoms with Gasteiger partial charge in [-0.05, 0) is 13.8 Å². The zero-order chi connectivity index (χ0) is 13.5. The normalized spacial score (nSPS) is 10.5. The molecule has 0 aliphatic carbocycles. The van der Waals surface area contributed by atoms with Gasteiger partial charge in [0.25, 0.3) is 0 Å². The molecule has 0 saturated carbocycles. The van der Waals surface area contributed by atoms with Gasteiger partial charge in [-0.3, -0.25) is 0 Å². The van der Waals surface area contributed by atoms with Crippen molar-refractivity contribution in [2.45, 2.75) is 13.8 Å². The maximum atomic E-state index is 13.7. The van der Waals surface area contributed by atoms with Crippen LogP contribution in [0.2, 0.25) is 0 Å². The fourth-order valence-corrected chi connectivity index (χ4v) is 1.59. The Morgan fingerprint density at radius 2 is 2.06 bits per heavy atom. The SMILES string of the molecule is CCNc1nc(N(CC)CCOC)c(F)cc1F. The first kappa shape index (κ1) is 14.6. The Labute approximate surface area is 106 Å². The van der Waals surface area contributed by atoms with E-state index in [2.05, 4.69) is 10.3 Å². The van der Waals surface area contributed by atoms with Crippen LogP contribution in [0.5, 0.6) is 0 Å². The van der Waals surface area contributed by atoms with E-state index >= 15 is 0 Å². The summed E-state index contributed by atoms with van der Waals surface area (Å²) in [5.74, 6) is -1.12. The summed E-state index contributed by atoms with van der Waals surface area (Å²) in [4.78, 5) is 5.70. The molecule has 0 amide bonds. The number of aromatic nitrogens is 1. The minimum atomic E-state index is -0.680. The Morgan fingerprint density at radius 3 is 2.61 bits per heavy atom. The number of nitrogens with zero attached hydrogens (tertiary/aromatic N) is 2. The highest BCUT2D eigenvalue weighted by molar-refractivity contribution is 5.49. The first-order valence-electron chi connectivity index (χ1n) is 5.97. The zero-order valence-electron chi connectivity index (χ0n) is 11.0. The number of pyridine rings is 1. The van der Waals surface area contributed by atoms with Crippen LogP contribution in [0, 0.1) is 11.6 Å². The molecule has 1 heterocycles. The summed E-state index contributed by atoms with van der Waals surface area (Å²) >= 11 is 0. The van der Waals surface area contributed by atoms with Crippen LogP contribution in [0.25, 0.3) is 0 Å². The number of hydrogen-bond acceptors (Lipinski definition) is 4. The highest BCUT2D eigenvalue weighted by Crippen LogP contribution is 2.22. The van der Waals surface area contributed by atoms with Crippen molar-refractivity contribution in [1.29, 1.82) is 0 Å². The Bertz CT molecular complexity index is 388. The molecule has 4 nitrogen and oxygen atoms in total. The van der Waals surface area contributed by atoms with Crippen LogP contribution in [-0.2, 0) is 4.74 Å². The van der Waals surface area contributed by atoms with Gasteiger partial charge >= 0.3 is 0 Å². The largest absolute Gasteiger partial charge is 0.383 e.